The van der Waals surface area contributed by atoms with Crippen molar-refractivity contribution in [1.29, 1.82) is 5.26 Å². The van der Waals surface area contributed by atoms with Crippen molar-refractivity contribution in [2.75, 3.05) is 10.6 Å². The summed E-state index contributed by atoms with van der Waals surface area (Å²) in [5.74, 6) is -0.396. The van der Waals surface area contributed by atoms with E-state index in [0.717, 1.165) is 31.7 Å². The number of primary amides is 1. The average Bonchev–Trinajstić information content (AvgIpc) is 3.12. The molecule has 3 aromatic rings. The maximum atomic E-state index is 14.9. The van der Waals surface area contributed by atoms with Gasteiger partial charge in [0, 0.05) is 18.0 Å². The van der Waals surface area contributed by atoms with Crippen molar-refractivity contribution >= 4 is 46.3 Å². The van der Waals surface area contributed by atoms with Crippen LogP contribution in [-0.4, -0.2) is 42.7 Å². The number of nitrogens with two attached hydrogens (primary N) is 1. The van der Waals surface area contributed by atoms with Crippen LogP contribution in [0.4, 0.5) is 22.0 Å². The summed E-state index contributed by atoms with van der Waals surface area (Å²) in [6, 6.07) is 4.38. The van der Waals surface area contributed by atoms with Crippen LogP contribution in [0, 0.1) is 23.1 Å². The maximum Gasteiger partial charge on any atom is 0.224 e. The monoisotopic (exact) mass is 540 g/mol. The van der Waals surface area contributed by atoms with Gasteiger partial charge < -0.3 is 21.5 Å². The van der Waals surface area contributed by atoms with Crippen LogP contribution in [-0.2, 0) is 4.79 Å². The summed E-state index contributed by atoms with van der Waals surface area (Å²) >= 11 is 6.31. The Labute approximate surface area is 224 Å². The van der Waals surface area contributed by atoms with Gasteiger partial charge in [-0.05, 0) is 57.1 Å². The van der Waals surface area contributed by atoms with Crippen LogP contribution in [0.15, 0.2) is 18.3 Å². The van der Waals surface area contributed by atoms with Crippen molar-refractivity contribution in [3.05, 3.63) is 34.7 Å². The van der Waals surface area contributed by atoms with Crippen LogP contribution in [0.2, 0.25) is 5.02 Å². The number of nitrogens with one attached hydrogen (secondary N) is 2. The first kappa shape index (κ1) is 26.1. The molecule has 10 nitrogen and oxygen atoms in total. The summed E-state index contributed by atoms with van der Waals surface area (Å²) in [7, 11) is 0. The summed E-state index contributed by atoms with van der Waals surface area (Å²) in [5, 5.41) is 25.8. The summed E-state index contributed by atoms with van der Waals surface area (Å²) in [4.78, 5) is 25.6. The smallest absolute Gasteiger partial charge is 0.224 e. The van der Waals surface area contributed by atoms with Crippen LogP contribution in [0.25, 0.3) is 11.2 Å². The van der Waals surface area contributed by atoms with E-state index in [4.69, 9.17) is 27.6 Å². The Kier molecular flexibility index (Phi) is 7.63. The standard InChI is InChI=1S/C26H30ClFN8O2/c27-19-9-14(12-29)10-20(28)22(19)34-26-33-21-13-31-25(32-16-3-1-2-4-18(37)11-16)35-24(21)36(26)17-7-5-15(6-8-17)23(30)38/h9-10,13,15-18,37H,1-8,11H2,(H2,30,38)(H,33,34)(H,31,32,35)/t15?,16-,17?,18-/m0/s1. The molecular weight excluding hydrogens is 511 g/mol. The molecule has 0 bridgehead atoms. The van der Waals surface area contributed by atoms with E-state index in [1.165, 1.54) is 6.07 Å². The molecule has 200 valence electrons. The van der Waals surface area contributed by atoms with Crippen LogP contribution in [0.3, 0.4) is 0 Å². The molecule has 2 fully saturated rings. The third kappa shape index (κ3) is 5.51. The zero-order valence-electron chi connectivity index (χ0n) is 20.8. The van der Waals surface area contributed by atoms with E-state index >= 15 is 0 Å². The van der Waals surface area contributed by atoms with Crippen LogP contribution < -0.4 is 16.4 Å². The average molecular weight is 541 g/mol. The molecule has 2 atom stereocenters. The molecule has 2 aromatic heterocycles. The van der Waals surface area contributed by atoms with E-state index in [2.05, 4.69) is 20.6 Å². The minimum atomic E-state index is -0.676. The molecule has 0 unspecified atom stereocenters. The number of fused-ring (bicyclic) bond motifs is 1. The molecule has 2 aliphatic carbocycles. The number of aliphatic hydroxyl groups excluding tert-OH is 1. The quantitative estimate of drug-likeness (QED) is 0.332. The lowest BCUT2D eigenvalue weighted by Crippen LogP contribution is -2.29. The van der Waals surface area contributed by atoms with Gasteiger partial charge in [0.05, 0.1) is 34.6 Å². The van der Waals surface area contributed by atoms with Gasteiger partial charge in [0.15, 0.2) is 5.65 Å². The van der Waals surface area contributed by atoms with Gasteiger partial charge in [-0.2, -0.15) is 10.2 Å². The third-order valence-corrected chi connectivity index (χ3v) is 7.83. The number of benzene rings is 1. The highest BCUT2D eigenvalue weighted by atomic mass is 35.5. The normalized spacial score (nSPS) is 23.9. The van der Waals surface area contributed by atoms with Crippen molar-refractivity contribution in [2.24, 2.45) is 11.7 Å². The Balaban J connectivity index is 1.52. The molecule has 1 aromatic carbocycles. The minimum Gasteiger partial charge on any atom is -0.393 e. The van der Waals surface area contributed by atoms with Gasteiger partial charge in [0.2, 0.25) is 17.8 Å². The number of anilines is 3. The van der Waals surface area contributed by atoms with Crippen molar-refractivity contribution in [3.8, 4) is 6.07 Å². The largest absolute Gasteiger partial charge is 0.393 e. The SMILES string of the molecule is N#Cc1cc(F)c(Nc2nc3cnc(N[C@H]4CCCC[C@H](O)C4)nc3n2C2CCC(C(N)=O)CC2)c(Cl)c1. The fourth-order valence-electron chi connectivity index (χ4n) is 5.53. The van der Waals surface area contributed by atoms with Crippen molar-refractivity contribution in [1.82, 2.24) is 19.5 Å². The van der Waals surface area contributed by atoms with E-state index in [1.54, 1.807) is 6.20 Å². The van der Waals surface area contributed by atoms with Gasteiger partial charge in [-0.25, -0.2) is 14.4 Å². The second-order valence-electron chi connectivity index (χ2n) is 10.2. The lowest BCUT2D eigenvalue weighted by molar-refractivity contribution is -0.122. The van der Waals surface area contributed by atoms with Gasteiger partial charge in [0.25, 0.3) is 0 Å². The predicted molar refractivity (Wildman–Crippen MR) is 141 cm³/mol. The van der Waals surface area contributed by atoms with Gasteiger partial charge >= 0.3 is 0 Å². The lowest BCUT2D eigenvalue weighted by atomic mass is 9.85. The molecule has 0 spiro atoms. The third-order valence-electron chi connectivity index (χ3n) is 7.53. The Bertz CT molecular complexity index is 1360. The van der Waals surface area contributed by atoms with Crippen LogP contribution in [0.1, 0.15) is 69.4 Å². The Hall–Kier alpha value is -3.49. The maximum absolute atomic E-state index is 14.9. The van der Waals surface area contributed by atoms with E-state index in [-0.39, 0.29) is 46.3 Å². The molecule has 0 radical (unpaired) electrons. The number of rotatable bonds is 6. The fraction of sp³-hybridized carbons (Fsp3) is 0.500. The van der Waals surface area contributed by atoms with Gasteiger partial charge in [0.1, 0.15) is 11.3 Å². The molecule has 2 saturated carbocycles. The molecule has 12 heteroatoms. The van der Waals surface area contributed by atoms with Gasteiger partial charge in [-0.3, -0.25) is 9.36 Å². The number of aliphatic hydroxyl groups is 1. The Morgan fingerprint density at radius 1 is 1.18 bits per heavy atom. The zero-order valence-corrected chi connectivity index (χ0v) is 21.6. The summed E-state index contributed by atoms with van der Waals surface area (Å²) in [6.07, 6.45) is 8.19. The topological polar surface area (TPSA) is 155 Å². The number of carbonyl (C=O) groups excluding carboxylic acids is 1. The number of carbonyl (C=O) groups is 1. The first-order valence-electron chi connectivity index (χ1n) is 13.0. The number of hydrogen-bond acceptors (Lipinski definition) is 8. The first-order chi connectivity index (χ1) is 18.3. The molecule has 1 amide bonds. The second-order valence-corrected chi connectivity index (χ2v) is 10.6. The van der Waals surface area contributed by atoms with E-state index in [9.17, 15) is 14.3 Å². The van der Waals surface area contributed by atoms with E-state index in [1.807, 2.05) is 10.6 Å². The number of amides is 1. The summed E-state index contributed by atoms with van der Waals surface area (Å²) in [5.41, 5.74) is 6.74. The molecule has 0 aliphatic heterocycles. The zero-order chi connectivity index (χ0) is 26.8. The van der Waals surface area contributed by atoms with E-state index < -0.39 is 5.82 Å². The lowest BCUT2D eigenvalue weighted by Gasteiger charge is -2.29. The highest BCUT2D eigenvalue weighted by Crippen LogP contribution is 2.38. The van der Waals surface area contributed by atoms with E-state index in [0.29, 0.717) is 55.2 Å². The molecule has 5 rings (SSSR count). The predicted octanol–water partition coefficient (Wildman–Crippen LogP) is 4.56. The molecule has 5 N–H and O–H groups in total. The van der Waals surface area contributed by atoms with Gasteiger partial charge in [-0.15, -0.1) is 0 Å². The molecule has 2 aliphatic rings. The fourth-order valence-corrected chi connectivity index (χ4v) is 5.79. The number of imidazole rings is 1. The van der Waals surface area contributed by atoms with Crippen LogP contribution in [0.5, 0.6) is 0 Å². The van der Waals surface area contributed by atoms with Gasteiger partial charge in [-0.1, -0.05) is 24.4 Å². The molecule has 0 saturated heterocycles. The number of halogens is 2. The highest BCUT2D eigenvalue weighted by Gasteiger charge is 2.30. The number of nitriles is 1. The van der Waals surface area contributed by atoms with Crippen molar-refractivity contribution in [2.45, 2.75) is 76.0 Å². The Morgan fingerprint density at radius 3 is 2.66 bits per heavy atom. The summed E-state index contributed by atoms with van der Waals surface area (Å²) in [6.45, 7) is 0. The number of nitrogens with zero attached hydrogens (tertiary/aromatic N) is 5. The Morgan fingerprint density at radius 2 is 1.95 bits per heavy atom. The molecule has 2 heterocycles. The number of hydrogen-bond donors (Lipinski definition) is 4. The molecular formula is C26H30ClFN8O2. The molecule has 38 heavy (non-hydrogen) atoms. The minimum absolute atomic E-state index is 0.00629. The number of aromatic nitrogens is 4. The first-order valence-corrected chi connectivity index (χ1v) is 13.3. The van der Waals surface area contributed by atoms with Crippen molar-refractivity contribution < 1.29 is 14.3 Å². The highest BCUT2D eigenvalue weighted by molar-refractivity contribution is 6.33. The summed E-state index contributed by atoms with van der Waals surface area (Å²) < 4.78 is 16.8. The second kappa shape index (κ2) is 11.1. The van der Waals surface area contributed by atoms with Crippen LogP contribution >= 0.6 is 11.6 Å². The van der Waals surface area contributed by atoms with Crippen molar-refractivity contribution in [3.63, 3.8) is 0 Å².